The predicted octanol–water partition coefficient (Wildman–Crippen LogP) is 1.29. The number of sulfonamides is 1. The van der Waals surface area contributed by atoms with Crippen LogP contribution in [0.4, 0.5) is 0 Å². The Morgan fingerprint density at radius 1 is 1.10 bits per heavy atom. The molecule has 0 aromatic heterocycles. The van der Waals surface area contributed by atoms with E-state index in [0.29, 0.717) is 12.8 Å². The van der Waals surface area contributed by atoms with Gasteiger partial charge < -0.3 is 5.11 Å². The van der Waals surface area contributed by atoms with Gasteiger partial charge in [-0.1, -0.05) is 19.3 Å². The quantitative estimate of drug-likeness (QED) is 0.730. The zero-order valence-electron chi connectivity index (χ0n) is 11.0. The molecule has 2 rings (SSSR count). The number of hydrogen-bond donors (Lipinski definition) is 3. The van der Waals surface area contributed by atoms with E-state index >= 15 is 0 Å². The fraction of sp³-hybridized carbons (Fsp3) is 0.462. The van der Waals surface area contributed by atoms with Crippen LogP contribution in [0.3, 0.4) is 0 Å². The second kappa shape index (κ2) is 6.23. The topological polar surface area (TPSA) is 95.5 Å². The van der Waals surface area contributed by atoms with E-state index in [1.807, 2.05) is 0 Å². The van der Waals surface area contributed by atoms with Gasteiger partial charge in [-0.25, -0.2) is 8.42 Å². The highest BCUT2D eigenvalue weighted by molar-refractivity contribution is 7.90. The first-order valence-corrected chi connectivity index (χ1v) is 8.14. The van der Waals surface area contributed by atoms with Crippen molar-refractivity contribution in [3.63, 3.8) is 0 Å². The molecule has 0 aliphatic heterocycles. The van der Waals surface area contributed by atoms with Gasteiger partial charge in [-0.05, 0) is 37.1 Å². The molecule has 1 aromatic carbocycles. The Morgan fingerprint density at radius 2 is 1.70 bits per heavy atom. The molecule has 6 nitrogen and oxygen atoms in total. The number of carbonyl (C=O) groups excluding carboxylic acids is 1. The lowest BCUT2D eigenvalue weighted by Crippen LogP contribution is -2.46. The fourth-order valence-electron chi connectivity index (χ4n) is 2.26. The van der Waals surface area contributed by atoms with Gasteiger partial charge in [0.15, 0.2) is 0 Å². The molecule has 1 aliphatic rings. The zero-order valence-corrected chi connectivity index (χ0v) is 11.8. The number of aromatic hydroxyl groups is 1. The first kappa shape index (κ1) is 14.8. The van der Waals surface area contributed by atoms with Gasteiger partial charge in [0.2, 0.25) is 10.0 Å². The van der Waals surface area contributed by atoms with Gasteiger partial charge in [0.05, 0.1) is 5.25 Å². The van der Waals surface area contributed by atoms with Crippen LogP contribution >= 0.6 is 0 Å². The Balaban J connectivity index is 1.93. The van der Waals surface area contributed by atoms with Crippen LogP contribution in [0.25, 0.3) is 0 Å². The molecule has 0 spiro atoms. The molecule has 1 aliphatic carbocycles. The van der Waals surface area contributed by atoms with E-state index in [-0.39, 0.29) is 11.3 Å². The lowest BCUT2D eigenvalue weighted by molar-refractivity contribution is 0.0945. The number of nitrogens with one attached hydrogen (secondary N) is 2. The number of hydrazine groups is 1. The van der Waals surface area contributed by atoms with Crippen molar-refractivity contribution in [3.8, 4) is 5.75 Å². The first-order chi connectivity index (χ1) is 9.49. The minimum atomic E-state index is -3.53. The Bertz CT molecular complexity index is 563. The molecular formula is C13H18N2O4S. The number of carbonyl (C=O) groups is 1. The average Bonchev–Trinajstić information content (AvgIpc) is 2.46. The molecule has 0 unspecified atom stereocenters. The first-order valence-electron chi connectivity index (χ1n) is 6.59. The molecule has 1 amide bonds. The Morgan fingerprint density at radius 3 is 2.30 bits per heavy atom. The highest BCUT2D eigenvalue weighted by Gasteiger charge is 2.27. The summed E-state index contributed by atoms with van der Waals surface area (Å²) in [4.78, 5) is 13.9. The number of benzene rings is 1. The summed E-state index contributed by atoms with van der Waals surface area (Å²) in [5.41, 5.74) is 2.47. The van der Waals surface area contributed by atoms with Crippen LogP contribution in [0, 0.1) is 0 Å². The SMILES string of the molecule is O=C(NNS(=O)(=O)C1CCCCC1)c1ccc(O)cc1. The number of phenolic OH excluding ortho intramolecular Hbond substituents is 1. The summed E-state index contributed by atoms with van der Waals surface area (Å²) < 4.78 is 24.0. The maximum atomic E-state index is 12.0. The van der Waals surface area contributed by atoms with Gasteiger partial charge in [-0.3, -0.25) is 10.2 Å². The van der Waals surface area contributed by atoms with E-state index in [0.717, 1.165) is 19.3 Å². The van der Waals surface area contributed by atoms with Crippen LogP contribution in [0.15, 0.2) is 24.3 Å². The smallest absolute Gasteiger partial charge is 0.266 e. The normalized spacial score (nSPS) is 16.8. The van der Waals surface area contributed by atoms with Gasteiger partial charge in [0.25, 0.3) is 5.91 Å². The zero-order chi connectivity index (χ0) is 14.6. The molecule has 1 aromatic rings. The predicted molar refractivity (Wildman–Crippen MR) is 74.5 cm³/mol. The van der Waals surface area contributed by atoms with Crippen molar-refractivity contribution in [1.82, 2.24) is 10.3 Å². The van der Waals surface area contributed by atoms with Gasteiger partial charge in [-0.15, -0.1) is 4.83 Å². The van der Waals surface area contributed by atoms with Crippen LogP contribution in [0.1, 0.15) is 42.5 Å². The van der Waals surface area contributed by atoms with Crippen molar-refractivity contribution in [2.45, 2.75) is 37.4 Å². The van der Waals surface area contributed by atoms with E-state index in [4.69, 9.17) is 5.11 Å². The minimum Gasteiger partial charge on any atom is -0.508 e. The molecule has 1 saturated carbocycles. The van der Waals surface area contributed by atoms with E-state index in [2.05, 4.69) is 10.3 Å². The van der Waals surface area contributed by atoms with Crippen molar-refractivity contribution in [2.24, 2.45) is 0 Å². The molecule has 3 N–H and O–H groups in total. The second-order valence-electron chi connectivity index (χ2n) is 4.91. The van der Waals surface area contributed by atoms with Crippen LogP contribution in [0.2, 0.25) is 0 Å². The van der Waals surface area contributed by atoms with Gasteiger partial charge in [0, 0.05) is 5.56 Å². The molecule has 1 fully saturated rings. The van der Waals surface area contributed by atoms with Crippen molar-refractivity contribution in [3.05, 3.63) is 29.8 Å². The standard InChI is InChI=1S/C13H18N2O4S/c16-11-8-6-10(7-9-11)13(17)14-15-20(18,19)12-4-2-1-3-5-12/h6-9,12,15-16H,1-5H2,(H,14,17). The van der Waals surface area contributed by atoms with Gasteiger partial charge in [-0.2, -0.15) is 0 Å². The molecule has 7 heteroatoms. The summed E-state index contributed by atoms with van der Waals surface area (Å²) in [5.74, 6) is -0.506. The summed E-state index contributed by atoms with van der Waals surface area (Å²) in [6, 6.07) is 5.56. The van der Waals surface area contributed by atoms with E-state index in [9.17, 15) is 13.2 Å². The van der Waals surface area contributed by atoms with Gasteiger partial charge in [0.1, 0.15) is 5.75 Å². The number of rotatable bonds is 4. The van der Waals surface area contributed by atoms with Crippen LogP contribution in [0.5, 0.6) is 5.75 Å². The van der Waals surface area contributed by atoms with E-state index in [1.165, 1.54) is 24.3 Å². The monoisotopic (exact) mass is 298 g/mol. The number of phenols is 1. The number of hydrogen-bond acceptors (Lipinski definition) is 4. The summed E-state index contributed by atoms with van der Waals surface area (Å²) in [7, 11) is -3.53. The lowest BCUT2D eigenvalue weighted by atomic mass is 10.0. The third-order valence-corrected chi connectivity index (χ3v) is 5.16. The highest BCUT2D eigenvalue weighted by Crippen LogP contribution is 2.22. The maximum Gasteiger partial charge on any atom is 0.266 e. The lowest BCUT2D eigenvalue weighted by Gasteiger charge is -2.22. The summed E-state index contributed by atoms with van der Waals surface area (Å²) >= 11 is 0. The summed E-state index contributed by atoms with van der Waals surface area (Å²) in [5, 5.41) is 8.69. The largest absolute Gasteiger partial charge is 0.508 e. The average molecular weight is 298 g/mol. The number of amides is 1. The van der Waals surface area contributed by atoms with E-state index < -0.39 is 21.2 Å². The Hall–Kier alpha value is -1.60. The van der Waals surface area contributed by atoms with Crippen molar-refractivity contribution < 1.29 is 18.3 Å². The molecule has 0 atom stereocenters. The van der Waals surface area contributed by atoms with Gasteiger partial charge >= 0.3 is 0 Å². The molecule has 0 radical (unpaired) electrons. The maximum absolute atomic E-state index is 12.0. The molecule has 20 heavy (non-hydrogen) atoms. The fourth-order valence-corrected chi connectivity index (χ4v) is 3.62. The summed E-state index contributed by atoms with van der Waals surface area (Å²) in [6.07, 6.45) is 4.12. The van der Waals surface area contributed by atoms with Crippen LogP contribution in [-0.4, -0.2) is 24.7 Å². The Labute approximate surface area is 118 Å². The van der Waals surface area contributed by atoms with E-state index in [1.54, 1.807) is 0 Å². The second-order valence-corrected chi connectivity index (χ2v) is 6.87. The van der Waals surface area contributed by atoms with Crippen LogP contribution in [-0.2, 0) is 10.0 Å². The highest BCUT2D eigenvalue weighted by atomic mass is 32.2. The van der Waals surface area contributed by atoms with Crippen molar-refractivity contribution in [1.29, 1.82) is 0 Å². The minimum absolute atomic E-state index is 0.0457. The molecule has 110 valence electrons. The molecular weight excluding hydrogens is 280 g/mol. The van der Waals surface area contributed by atoms with Crippen molar-refractivity contribution >= 4 is 15.9 Å². The molecule has 0 saturated heterocycles. The van der Waals surface area contributed by atoms with Crippen LogP contribution < -0.4 is 10.3 Å². The third kappa shape index (κ3) is 3.71. The van der Waals surface area contributed by atoms with Crippen molar-refractivity contribution in [2.75, 3.05) is 0 Å². The molecule has 0 heterocycles. The third-order valence-electron chi connectivity index (χ3n) is 3.43. The summed E-state index contributed by atoms with van der Waals surface area (Å²) in [6.45, 7) is 0. The Kier molecular flexibility index (Phi) is 4.61. The molecule has 0 bridgehead atoms.